The van der Waals surface area contributed by atoms with Crippen molar-refractivity contribution in [1.29, 1.82) is 0 Å². The standard InChI is InChI=1S/C14H15F3N2S/c1-8(2)12(18)13-19-11(7-20-13)9-4-3-5-10(6-9)14(15,16)17/h3-8,12H,18H2,1-2H3. The summed E-state index contributed by atoms with van der Waals surface area (Å²) in [4.78, 5) is 4.35. The van der Waals surface area contributed by atoms with Gasteiger partial charge in [0, 0.05) is 10.9 Å². The number of rotatable bonds is 3. The maximum absolute atomic E-state index is 12.7. The topological polar surface area (TPSA) is 38.9 Å². The molecule has 0 radical (unpaired) electrons. The van der Waals surface area contributed by atoms with Crippen molar-refractivity contribution < 1.29 is 13.2 Å². The van der Waals surface area contributed by atoms with Crippen LogP contribution in [0.4, 0.5) is 13.2 Å². The Kier molecular flexibility index (Phi) is 4.15. The molecule has 1 aromatic carbocycles. The Morgan fingerprint density at radius 2 is 1.95 bits per heavy atom. The Labute approximate surface area is 119 Å². The second-order valence-corrected chi connectivity index (χ2v) is 5.81. The lowest BCUT2D eigenvalue weighted by Gasteiger charge is -2.11. The maximum atomic E-state index is 12.7. The van der Waals surface area contributed by atoms with Gasteiger partial charge in [-0.3, -0.25) is 0 Å². The second-order valence-electron chi connectivity index (χ2n) is 4.92. The summed E-state index contributed by atoms with van der Waals surface area (Å²) in [5, 5.41) is 2.49. The Hall–Kier alpha value is -1.40. The highest BCUT2D eigenvalue weighted by Gasteiger charge is 2.30. The van der Waals surface area contributed by atoms with Gasteiger partial charge in [-0.05, 0) is 18.1 Å². The van der Waals surface area contributed by atoms with Crippen molar-refractivity contribution in [3.05, 3.63) is 40.2 Å². The van der Waals surface area contributed by atoms with E-state index in [1.807, 2.05) is 13.8 Å². The van der Waals surface area contributed by atoms with Gasteiger partial charge in [0.05, 0.1) is 17.3 Å². The number of hydrogen-bond donors (Lipinski definition) is 1. The van der Waals surface area contributed by atoms with E-state index in [4.69, 9.17) is 5.73 Å². The van der Waals surface area contributed by atoms with Crippen LogP contribution in [0.5, 0.6) is 0 Å². The van der Waals surface area contributed by atoms with Gasteiger partial charge in [-0.25, -0.2) is 4.98 Å². The van der Waals surface area contributed by atoms with Crippen molar-refractivity contribution in [2.45, 2.75) is 26.1 Å². The van der Waals surface area contributed by atoms with Crippen molar-refractivity contribution in [2.24, 2.45) is 11.7 Å². The molecule has 1 atom stereocenters. The van der Waals surface area contributed by atoms with Crippen LogP contribution in [0.15, 0.2) is 29.6 Å². The third kappa shape index (κ3) is 3.19. The molecule has 0 aliphatic carbocycles. The summed E-state index contributed by atoms with van der Waals surface area (Å²) < 4.78 is 38.1. The third-order valence-electron chi connectivity index (χ3n) is 3.01. The first-order valence-corrected chi connectivity index (χ1v) is 7.05. The van der Waals surface area contributed by atoms with E-state index < -0.39 is 11.7 Å². The molecule has 0 amide bonds. The number of alkyl halides is 3. The molecule has 1 unspecified atom stereocenters. The van der Waals surface area contributed by atoms with Gasteiger partial charge >= 0.3 is 6.18 Å². The number of nitrogens with two attached hydrogens (primary N) is 1. The van der Waals surface area contributed by atoms with E-state index in [-0.39, 0.29) is 12.0 Å². The molecule has 2 N–H and O–H groups in total. The molecule has 2 aromatic rings. The summed E-state index contributed by atoms with van der Waals surface area (Å²) in [6, 6.07) is 4.98. The van der Waals surface area contributed by atoms with Crippen LogP contribution < -0.4 is 5.73 Å². The molecule has 0 bridgehead atoms. The van der Waals surface area contributed by atoms with Gasteiger partial charge in [-0.2, -0.15) is 13.2 Å². The smallest absolute Gasteiger partial charge is 0.322 e. The lowest BCUT2D eigenvalue weighted by molar-refractivity contribution is -0.137. The van der Waals surface area contributed by atoms with Crippen molar-refractivity contribution in [3.8, 4) is 11.3 Å². The van der Waals surface area contributed by atoms with E-state index in [0.717, 1.165) is 17.1 Å². The molecule has 108 valence electrons. The number of benzene rings is 1. The Balaban J connectivity index is 2.33. The first-order chi connectivity index (χ1) is 9.29. The number of hydrogen-bond acceptors (Lipinski definition) is 3. The molecule has 0 saturated carbocycles. The third-order valence-corrected chi connectivity index (χ3v) is 3.96. The van der Waals surface area contributed by atoms with Crippen LogP contribution in [0.2, 0.25) is 0 Å². The predicted molar refractivity (Wildman–Crippen MR) is 74.3 cm³/mol. The molecule has 2 rings (SSSR count). The van der Waals surface area contributed by atoms with E-state index in [1.165, 1.54) is 17.4 Å². The highest BCUT2D eigenvalue weighted by atomic mass is 32.1. The molecule has 0 aliphatic heterocycles. The minimum absolute atomic E-state index is 0.195. The average Bonchev–Trinajstić information content (AvgIpc) is 2.86. The molecule has 1 aromatic heterocycles. The van der Waals surface area contributed by atoms with Gasteiger partial charge in [-0.15, -0.1) is 11.3 Å². The van der Waals surface area contributed by atoms with Crippen LogP contribution in [0.25, 0.3) is 11.3 Å². The summed E-state index contributed by atoms with van der Waals surface area (Å²) >= 11 is 1.38. The number of halogens is 3. The number of thiazole rings is 1. The highest BCUT2D eigenvalue weighted by Crippen LogP contribution is 2.33. The summed E-state index contributed by atoms with van der Waals surface area (Å²) in [7, 11) is 0. The summed E-state index contributed by atoms with van der Waals surface area (Å²) in [6.45, 7) is 3.96. The average molecular weight is 300 g/mol. The molecule has 2 nitrogen and oxygen atoms in total. The quantitative estimate of drug-likeness (QED) is 0.907. The molecule has 0 fully saturated rings. The van der Waals surface area contributed by atoms with E-state index in [9.17, 15) is 13.2 Å². The monoisotopic (exact) mass is 300 g/mol. The number of aromatic nitrogens is 1. The van der Waals surface area contributed by atoms with Gasteiger partial charge in [0.25, 0.3) is 0 Å². The predicted octanol–water partition coefficient (Wildman–Crippen LogP) is 4.48. The summed E-state index contributed by atoms with van der Waals surface area (Å²) in [5.74, 6) is 0.232. The Morgan fingerprint density at radius 1 is 1.25 bits per heavy atom. The minimum atomic E-state index is -4.34. The fourth-order valence-corrected chi connectivity index (χ4v) is 2.71. The van der Waals surface area contributed by atoms with Crippen LogP contribution >= 0.6 is 11.3 Å². The van der Waals surface area contributed by atoms with Crippen molar-refractivity contribution in [1.82, 2.24) is 4.98 Å². The first-order valence-electron chi connectivity index (χ1n) is 6.17. The van der Waals surface area contributed by atoms with Crippen molar-refractivity contribution in [3.63, 3.8) is 0 Å². The van der Waals surface area contributed by atoms with Gasteiger partial charge in [-0.1, -0.05) is 26.0 Å². The van der Waals surface area contributed by atoms with Crippen molar-refractivity contribution >= 4 is 11.3 Å². The normalized spacial score (nSPS) is 13.8. The van der Waals surface area contributed by atoms with E-state index >= 15 is 0 Å². The van der Waals surface area contributed by atoms with Crippen LogP contribution in [-0.2, 0) is 6.18 Å². The van der Waals surface area contributed by atoms with Crippen LogP contribution in [0.1, 0.15) is 30.5 Å². The molecule has 6 heteroatoms. The SMILES string of the molecule is CC(C)C(N)c1nc(-c2cccc(C(F)(F)F)c2)cs1. The van der Waals surface area contributed by atoms with Crippen LogP contribution in [-0.4, -0.2) is 4.98 Å². The highest BCUT2D eigenvalue weighted by molar-refractivity contribution is 7.10. The van der Waals surface area contributed by atoms with Crippen LogP contribution in [0.3, 0.4) is 0 Å². The second kappa shape index (κ2) is 5.54. The minimum Gasteiger partial charge on any atom is -0.322 e. The summed E-state index contributed by atoms with van der Waals surface area (Å²) in [6.07, 6.45) is -4.34. The zero-order chi connectivity index (χ0) is 14.9. The lowest BCUT2D eigenvalue weighted by Crippen LogP contribution is -2.16. The molecule has 0 spiro atoms. The Morgan fingerprint density at radius 3 is 2.55 bits per heavy atom. The molecule has 1 heterocycles. The molecular weight excluding hydrogens is 285 g/mol. The number of nitrogens with zero attached hydrogens (tertiary/aromatic N) is 1. The van der Waals surface area contributed by atoms with Gasteiger partial charge in [0.2, 0.25) is 0 Å². The fraction of sp³-hybridized carbons (Fsp3) is 0.357. The van der Waals surface area contributed by atoms with Gasteiger partial charge in [0.15, 0.2) is 0 Å². The first kappa shape index (κ1) is 15.0. The molecule has 0 saturated heterocycles. The molecule has 0 aliphatic rings. The molecular formula is C14H15F3N2S. The fourth-order valence-electron chi connectivity index (χ4n) is 1.71. The maximum Gasteiger partial charge on any atom is 0.416 e. The van der Waals surface area contributed by atoms with Gasteiger partial charge < -0.3 is 5.73 Å². The summed E-state index contributed by atoms with van der Waals surface area (Å²) in [5.41, 5.74) is 6.32. The van der Waals surface area contributed by atoms with E-state index in [2.05, 4.69) is 4.98 Å². The zero-order valence-corrected chi connectivity index (χ0v) is 11.9. The van der Waals surface area contributed by atoms with Crippen molar-refractivity contribution in [2.75, 3.05) is 0 Å². The Bertz CT molecular complexity index is 590. The lowest BCUT2D eigenvalue weighted by atomic mass is 10.1. The van der Waals surface area contributed by atoms with Crippen LogP contribution in [0, 0.1) is 5.92 Å². The zero-order valence-electron chi connectivity index (χ0n) is 11.1. The largest absolute Gasteiger partial charge is 0.416 e. The van der Waals surface area contributed by atoms with E-state index in [0.29, 0.717) is 11.3 Å². The van der Waals surface area contributed by atoms with Gasteiger partial charge in [0.1, 0.15) is 5.01 Å². The molecule has 20 heavy (non-hydrogen) atoms. The van der Waals surface area contributed by atoms with E-state index in [1.54, 1.807) is 11.4 Å².